The van der Waals surface area contributed by atoms with E-state index in [1.54, 1.807) is 6.92 Å². The summed E-state index contributed by atoms with van der Waals surface area (Å²) in [5.74, 6) is -1.08. The molecular formula is C14H21NO7S. The number of ether oxygens (including phenoxy) is 3. The summed E-state index contributed by atoms with van der Waals surface area (Å²) in [5.41, 5.74) is -0.758. The molecule has 2 aliphatic rings. The van der Waals surface area contributed by atoms with Crippen molar-refractivity contribution in [2.45, 2.75) is 49.4 Å². The molecule has 0 aromatic rings. The second kappa shape index (κ2) is 6.58. The summed E-state index contributed by atoms with van der Waals surface area (Å²) in [6.45, 7) is 6.33. The number of hydrogen-bond acceptors (Lipinski definition) is 7. The molecule has 2 heterocycles. The molecule has 1 amide bonds. The van der Waals surface area contributed by atoms with Gasteiger partial charge in [0.2, 0.25) is 5.91 Å². The molecule has 0 saturated carbocycles. The average Bonchev–Trinajstić information content (AvgIpc) is 2.94. The van der Waals surface area contributed by atoms with Crippen molar-refractivity contribution in [2.24, 2.45) is 0 Å². The highest BCUT2D eigenvalue weighted by Gasteiger charge is 2.65. The van der Waals surface area contributed by atoms with Crippen molar-refractivity contribution >= 4 is 22.6 Å². The summed E-state index contributed by atoms with van der Waals surface area (Å²) in [6, 6.07) is 0. The number of methoxy groups -OCH3 is 1. The Hall–Kier alpha value is -1.45. The van der Waals surface area contributed by atoms with Crippen LogP contribution < -0.4 is 5.32 Å². The fourth-order valence-corrected chi connectivity index (χ4v) is 4.19. The zero-order chi connectivity index (χ0) is 17.4. The molecule has 23 heavy (non-hydrogen) atoms. The number of carbonyl (C=O) groups is 2. The third-order valence-electron chi connectivity index (χ3n) is 4.31. The topological polar surface area (TPSA) is 108 Å². The minimum Gasteiger partial charge on any atom is -0.455 e. The van der Waals surface area contributed by atoms with Gasteiger partial charge in [-0.2, -0.15) is 0 Å². The molecule has 1 N–H and O–H groups in total. The number of nitrogens with one attached hydrogen (secondary N) is 1. The number of amides is 1. The fraction of sp³-hybridized carbons (Fsp3) is 0.714. The Kier molecular flexibility index (Phi) is 5.12. The van der Waals surface area contributed by atoms with E-state index in [0.717, 1.165) is 0 Å². The van der Waals surface area contributed by atoms with E-state index in [0.29, 0.717) is 0 Å². The Morgan fingerprint density at radius 3 is 2.61 bits per heavy atom. The molecule has 9 heteroatoms. The lowest BCUT2D eigenvalue weighted by atomic mass is 9.84. The van der Waals surface area contributed by atoms with E-state index >= 15 is 0 Å². The van der Waals surface area contributed by atoms with Crippen molar-refractivity contribution in [3.05, 3.63) is 12.2 Å². The highest BCUT2D eigenvalue weighted by molar-refractivity contribution is 7.73. The van der Waals surface area contributed by atoms with E-state index in [1.807, 2.05) is 0 Å². The maximum atomic E-state index is 11.9. The van der Waals surface area contributed by atoms with Crippen LogP contribution in [0.1, 0.15) is 20.3 Å². The molecule has 2 fully saturated rings. The lowest BCUT2D eigenvalue weighted by molar-refractivity contribution is -0.157. The van der Waals surface area contributed by atoms with Crippen LogP contribution in [0.3, 0.4) is 0 Å². The summed E-state index contributed by atoms with van der Waals surface area (Å²) in [5, 5.41) is 1.70. The number of fused-ring (bicyclic) bond motifs is 2. The monoisotopic (exact) mass is 347 g/mol. The van der Waals surface area contributed by atoms with E-state index in [9.17, 15) is 18.0 Å². The first-order chi connectivity index (χ1) is 10.7. The highest BCUT2D eigenvalue weighted by atomic mass is 32.2. The predicted molar refractivity (Wildman–Crippen MR) is 80.5 cm³/mol. The van der Waals surface area contributed by atoms with E-state index in [4.69, 9.17) is 14.2 Å². The van der Waals surface area contributed by atoms with Crippen molar-refractivity contribution in [3.63, 3.8) is 0 Å². The molecule has 2 bridgehead atoms. The van der Waals surface area contributed by atoms with Crippen LogP contribution in [0.5, 0.6) is 0 Å². The molecule has 8 nitrogen and oxygen atoms in total. The first kappa shape index (κ1) is 17.9. The molecule has 0 aromatic carbocycles. The Morgan fingerprint density at radius 2 is 2.09 bits per heavy atom. The molecule has 2 aliphatic heterocycles. The number of carbonyl (C=O) groups excluding carboxylic acids is 2. The largest absolute Gasteiger partial charge is 0.455 e. The first-order valence-electron chi connectivity index (χ1n) is 7.18. The third kappa shape index (κ3) is 3.26. The van der Waals surface area contributed by atoms with Crippen LogP contribution in [0.4, 0.5) is 0 Å². The Bertz CT molecular complexity index is 594. The van der Waals surface area contributed by atoms with Crippen LogP contribution in [0.2, 0.25) is 0 Å². The molecule has 0 aliphatic carbocycles. The van der Waals surface area contributed by atoms with Crippen molar-refractivity contribution in [1.29, 1.82) is 0 Å². The Morgan fingerprint density at radius 1 is 1.43 bits per heavy atom. The molecule has 2 rings (SSSR count). The number of rotatable bonds is 6. The van der Waals surface area contributed by atoms with Crippen LogP contribution in [-0.2, 0) is 34.5 Å². The maximum absolute atomic E-state index is 11.9. The van der Waals surface area contributed by atoms with Gasteiger partial charge in [0.15, 0.2) is 6.10 Å². The van der Waals surface area contributed by atoms with Gasteiger partial charge in [-0.1, -0.05) is 6.58 Å². The van der Waals surface area contributed by atoms with E-state index in [2.05, 4.69) is 11.9 Å². The normalized spacial score (nSPS) is 35.3. The molecular weight excluding hydrogens is 326 g/mol. The third-order valence-corrected chi connectivity index (χ3v) is 5.54. The van der Waals surface area contributed by atoms with E-state index < -0.39 is 51.7 Å². The molecule has 2 saturated heterocycles. The van der Waals surface area contributed by atoms with Gasteiger partial charge in [0, 0.05) is 12.7 Å². The lowest BCUT2D eigenvalue weighted by Crippen LogP contribution is -2.54. The van der Waals surface area contributed by atoms with Crippen molar-refractivity contribution < 1.29 is 32.2 Å². The minimum absolute atomic E-state index is 0.255. The molecule has 5 atom stereocenters. The van der Waals surface area contributed by atoms with E-state index in [1.165, 1.54) is 14.0 Å². The summed E-state index contributed by atoms with van der Waals surface area (Å²) >= 11 is 0. The summed E-state index contributed by atoms with van der Waals surface area (Å²) in [4.78, 5) is 23.3. The van der Waals surface area contributed by atoms with Crippen LogP contribution >= 0.6 is 0 Å². The molecule has 0 spiro atoms. The molecule has 130 valence electrons. The average molecular weight is 347 g/mol. The smallest absolute Gasteiger partial charge is 0.325 e. The number of hydrogen-bond donors (Lipinski definition) is 2. The van der Waals surface area contributed by atoms with Crippen LogP contribution in [-0.4, -0.2) is 63.1 Å². The molecule has 0 aromatic heterocycles. The van der Waals surface area contributed by atoms with Gasteiger partial charge in [0.05, 0.1) is 11.4 Å². The van der Waals surface area contributed by atoms with Gasteiger partial charge in [-0.3, -0.25) is 9.59 Å². The van der Waals surface area contributed by atoms with Crippen molar-refractivity contribution in [2.75, 3.05) is 13.7 Å². The predicted octanol–water partition coefficient (Wildman–Crippen LogP) is -0.853. The van der Waals surface area contributed by atoms with Gasteiger partial charge in [-0.15, -0.1) is 0 Å². The van der Waals surface area contributed by atoms with E-state index in [-0.39, 0.29) is 18.5 Å². The molecule has 5 unspecified atom stereocenters. The van der Waals surface area contributed by atoms with Crippen molar-refractivity contribution in [3.8, 4) is 0 Å². The zero-order valence-corrected chi connectivity index (χ0v) is 14.1. The number of thiol groups is 1. The lowest BCUT2D eigenvalue weighted by Gasteiger charge is -2.35. The van der Waals surface area contributed by atoms with Gasteiger partial charge in [-0.25, -0.2) is 8.42 Å². The van der Waals surface area contributed by atoms with Crippen molar-refractivity contribution in [1.82, 2.24) is 5.32 Å². The Balaban J connectivity index is 2.01. The maximum Gasteiger partial charge on any atom is 0.325 e. The second-order valence-electron chi connectivity index (χ2n) is 5.95. The summed E-state index contributed by atoms with van der Waals surface area (Å²) < 4.78 is 39.1. The highest BCUT2D eigenvalue weighted by Crippen LogP contribution is 2.47. The second-order valence-corrected chi connectivity index (χ2v) is 7.14. The van der Waals surface area contributed by atoms with Gasteiger partial charge in [0.1, 0.15) is 29.0 Å². The SMILES string of the molecule is C=C(C)C(=O)NCC(=O)OC1C2CC([SH](=O)=O)C(C)(O2)C1OC. The van der Waals surface area contributed by atoms with Crippen LogP contribution in [0, 0.1) is 0 Å². The van der Waals surface area contributed by atoms with Crippen LogP contribution in [0.15, 0.2) is 12.2 Å². The standard InChI is InChI=1S/C14H21NO7S/c1-7(2)13(17)15-6-10(16)21-11-8-5-9(23(18)19)14(3,22-8)12(11)20-4/h8-9,11-12,23H,1,5-6H2,2-4H3,(H,15,17). The number of esters is 1. The van der Waals surface area contributed by atoms with Gasteiger partial charge in [-0.05, 0) is 20.3 Å². The van der Waals surface area contributed by atoms with Gasteiger partial charge < -0.3 is 19.5 Å². The summed E-state index contributed by atoms with van der Waals surface area (Å²) in [7, 11) is -1.26. The fourth-order valence-electron chi connectivity index (χ4n) is 3.18. The quantitative estimate of drug-likeness (QED) is 0.366. The molecule has 0 radical (unpaired) electrons. The zero-order valence-electron chi connectivity index (χ0n) is 13.2. The van der Waals surface area contributed by atoms with Gasteiger partial charge in [0.25, 0.3) is 0 Å². The first-order valence-corrected chi connectivity index (χ1v) is 8.42. The minimum atomic E-state index is -2.67. The van der Waals surface area contributed by atoms with Gasteiger partial charge >= 0.3 is 5.97 Å². The Labute approximate surface area is 136 Å². The summed E-state index contributed by atoms with van der Waals surface area (Å²) in [6.07, 6.45) is -1.67. The van der Waals surface area contributed by atoms with Crippen LogP contribution in [0.25, 0.3) is 0 Å².